The molecule has 0 bridgehead atoms. The van der Waals surface area contributed by atoms with E-state index in [1.807, 2.05) is 24.3 Å². The molecule has 4 heteroatoms. The van der Waals surface area contributed by atoms with Crippen LogP contribution in [0.5, 0.6) is 0 Å². The van der Waals surface area contributed by atoms with Crippen molar-refractivity contribution in [3.63, 3.8) is 0 Å². The second-order valence-electron chi connectivity index (χ2n) is 5.66. The highest BCUT2D eigenvalue weighted by Crippen LogP contribution is 2.14. The topological polar surface area (TPSA) is 44.4 Å². The number of amides is 1. The van der Waals surface area contributed by atoms with Gasteiger partial charge in [0.25, 0.3) is 5.91 Å². The van der Waals surface area contributed by atoms with Gasteiger partial charge in [0.2, 0.25) is 0 Å². The van der Waals surface area contributed by atoms with E-state index >= 15 is 0 Å². The van der Waals surface area contributed by atoms with Crippen molar-refractivity contribution in [3.8, 4) is 0 Å². The minimum Gasteiger partial charge on any atom is -0.384 e. The Morgan fingerprint density at radius 2 is 1.95 bits per heavy atom. The lowest BCUT2D eigenvalue weighted by atomic mass is 10.1. The summed E-state index contributed by atoms with van der Waals surface area (Å²) < 4.78 is 0. The molecular weight excluding hydrogens is 262 g/mol. The van der Waals surface area contributed by atoms with Crippen molar-refractivity contribution in [2.75, 3.05) is 32.0 Å². The standard InChI is InChI=1S/C17H29N3O/c1-5-11-18-16-10-7-6-9-15(16)17(21)19-12-8-13-20(4)14(2)3/h6-7,9-10,14,18H,5,8,11-13H2,1-4H3,(H,19,21). The number of anilines is 1. The van der Waals surface area contributed by atoms with Gasteiger partial charge in [-0.05, 0) is 52.4 Å². The van der Waals surface area contributed by atoms with Crippen molar-refractivity contribution in [2.45, 2.75) is 39.7 Å². The number of nitrogens with one attached hydrogen (secondary N) is 2. The van der Waals surface area contributed by atoms with Crippen LogP contribution in [-0.4, -0.2) is 43.5 Å². The molecule has 0 atom stereocenters. The summed E-state index contributed by atoms with van der Waals surface area (Å²) in [6, 6.07) is 8.22. The summed E-state index contributed by atoms with van der Waals surface area (Å²) in [5, 5.41) is 6.30. The summed E-state index contributed by atoms with van der Waals surface area (Å²) >= 11 is 0. The summed E-state index contributed by atoms with van der Waals surface area (Å²) in [5.41, 5.74) is 1.64. The van der Waals surface area contributed by atoms with Crippen molar-refractivity contribution in [3.05, 3.63) is 29.8 Å². The van der Waals surface area contributed by atoms with Crippen molar-refractivity contribution in [1.29, 1.82) is 0 Å². The Morgan fingerprint density at radius 3 is 2.62 bits per heavy atom. The van der Waals surface area contributed by atoms with E-state index < -0.39 is 0 Å². The summed E-state index contributed by atoms with van der Waals surface area (Å²) in [7, 11) is 2.11. The molecule has 118 valence electrons. The van der Waals surface area contributed by atoms with E-state index in [2.05, 4.69) is 43.4 Å². The van der Waals surface area contributed by atoms with E-state index in [1.54, 1.807) is 0 Å². The van der Waals surface area contributed by atoms with Gasteiger partial charge >= 0.3 is 0 Å². The Morgan fingerprint density at radius 1 is 1.24 bits per heavy atom. The van der Waals surface area contributed by atoms with E-state index in [4.69, 9.17) is 0 Å². The quantitative estimate of drug-likeness (QED) is 0.688. The van der Waals surface area contributed by atoms with Crippen LogP contribution in [0.1, 0.15) is 44.0 Å². The molecule has 2 N–H and O–H groups in total. The maximum Gasteiger partial charge on any atom is 0.253 e. The molecule has 0 aliphatic heterocycles. The number of benzene rings is 1. The second kappa shape index (κ2) is 9.40. The van der Waals surface area contributed by atoms with E-state index in [-0.39, 0.29) is 5.91 Å². The molecule has 1 aromatic carbocycles. The smallest absolute Gasteiger partial charge is 0.253 e. The average molecular weight is 291 g/mol. The van der Waals surface area contributed by atoms with Crippen LogP contribution >= 0.6 is 0 Å². The van der Waals surface area contributed by atoms with Crippen molar-refractivity contribution < 1.29 is 4.79 Å². The first-order chi connectivity index (χ1) is 10.1. The molecule has 0 aliphatic rings. The fourth-order valence-corrected chi connectivity index (χ4v) is 1.98. The van der Waals surface area contributed by atoms with Gasteiger partial charge in [0.15, 0.2) is 0 Å². The van der Waals surface area contributed by atoms with E-state index in [0.717, 1.165) is 37.2 Å². The van der Waals surface area contributed by atoms with E-state index in [0.29, 0.717) is 12.6 Å². The molecule has 1 rings (SSSR count). The summed E-state index contributed by atoms with van der Waals surface area (Å²) in [6.45, 7) is 9.04. The molecule has 0 aromatic heterocycles. The van der Waals surface area contributed by atoms with Gasteiger partial charge in [-0.3, -0.25) is 4.79 Å². The molecule has 0 fully saturated rings. The van der Waals surface area contributed by atoms with Gasteiger partial charge < -0.3 is 15.5 Å². The Hall–Kier alpha value is -1.55. The molecule has 0 unspecified atom stereocenters. The van der Waals surface area contributed by atoms with Crippen LogP contribution < -0.4 is 10.6 Å². The van der Waals surface area contributed by atoms with Crippen LogP contribution in [0.2, 0.25) is 0 Å². The van der Waals surface area contributed by atoms with E-state index in [1.165, 1.54) is 0 Å². The Balaban J connectivity index is 2.45. The number of nitrogens with zero attached hydrogens (tertiary/aromatic N) is 1. The minimum absolute atomic E-state index is 0.00130. The fraction of sp³-hybridized carbons (Fsp3) is 0.588. The van der Waals surface area contributed by atoms with Gasteiger partial charge in [0.05, 0.1) is 5.56 Å². The van der Waals surface area contributed by atoms with Gasteiger partial charge in [0.1, 0.15) is 0 Å². The number of carbonyl (C=O) groups excluding carboxylic acids is 1. The lowest BCUT2D eigenvalue weighted by Crippen LogP contribution is -2.31. The Labute approximate surface area is 128 Å². The Bertz CT molecular complexity index is 432. The third-order valence-corrected chi connectivity index (χ3v) is 3.59. The van der Waals surface area contributed by atoms with Gasteiger partial charge in [-0.2, -0.15) is 0 Å². The first kappa shape index (κ1) is 17.5. The predicted molar refractivity (Wildman–Crippen MR) is 89.9 cm³/mol. The van der Waals surface area contributed by atoms with Crippen LogP contribution in [0.4, 0.5) is 5.69 Å². The van der Waals surface area contributed by atoms with Crippen LogP contribution in [0.15, 0.2) is 24.3 Å². The van der Waals surface area contributed by atoms with Crippen molar-refractivity contribution >= 4 is 11.6 Å². The number of carbonyl (C=O) groups is 1. The molecule has 1 aromatic rings. The number of hydrogen-bond donors (Lipinski definition) is 2. The van der Waals surface area contributed by atoms with Crippen molar-refractivity contribution in [2.24, 2.45) is 0 Å². The highest BCUT2D eigenvalue weighted by Gasteiger charge is 2.10. The fourth-order valence-electron chi connectivity index (χ4n) is 1.98. The first-order valence-electron chi connectivity index (χ1n) is 7.87. The number of hydrogen-bond acceptors (Lipinski definition) is 3. The highest BCUT2D eigenvalue weighted by atomic mass is 16.1. The zero-order valence-corrected chi connectivity index (χ0v) is 13.8. The first-order valence-corrected chi connectivity index (χ1v) is 7.87. The Kier molecular flexibility index (Phi) is 7.83. The average Bonchev–Trinajstić information content (AvgIpc) is 2.49. The lowest BCUT2D eigenvalue weighted by molar-refractivity contribution is 0.0952. The van der Waals surface area contributed by atoms with Gasteiger partial charge in [-0.15, -0.1) is 0 Å². The zero-order chi connectivity index (χ0) is 15.7. The SMILES string of the molecule is CCCNc1ccccc1C(=O)NCCCN(C)C(C)C. The molecule has 0 aliphatic carbocycles. The highest BCUT2D eigenvalue weighted by molar-refractivity contribution is 5.99. The second-order valence-corrected chi connectivity index (χ2v) is 5.66. The molecule has 21 heavy (non-hydrogen) atoms. The van der Waals surface area contributed by atoms with Crippen LogP contribution in [0.3, 0.4) is 0 Å². The summed E-state index contributed by atoms with van der Waals surface area (Å²) in [4.78, 5) is 14.5. The molecule has 4 nitrogen and oxygen atoms in total. The van der Waals surface area contributed by atoms with Gasteiger partial charge in [-0.25, -0.2) is 0 Å². The molecular formula is C17H29N3O. The third-order valence-electron chi connectivity index (χ3n) is 3.59. The largest absolute Gasteiger partial charge is 0.384 e. The van der Waals surface area contributed by atoms with E-state index in [9.17, 15) is 4.79 Å². The monoisotopic (exact) mass is 291 g/mol. The maximum atomic E-state index is 12.2. The summed E-state index contributed by atoms with van der Waals surface area (Å²) in [6.07, 6.45) is 2.00. The van der Waals surface area contributed by atoms with Crippen molar-refractivity contribution in [1.82, 2.24) is 10.2 Å². The molecule has 0 heterocycles. The lowest BCUT2D eigenvalue weighted by Gasteiger charge is -2.20. The molecule has 0 radical (unpaired) electrons. The van der Waals surface area contributed by atoms with Gasteiger partial charge in [0, 0.05) is 24.8 Å². The third kappa shape index (κ3) is 6.17. The predicted octanol–water partition coefficient (Wildman–Crippen LogP) is 2.97. The van der Waals surface area contributed by atoms with Crippen LogP contribution in [0, 0.1) is 0 Å². The molecule has 1 amide bonds. The molecule has 0 saturated carbocycles. The number of para-hydroxylation sites is 1. The normalized spacial score (nSPS) is 11.0. The van der Waals surface area contributed by atoms with Crippen LogP contribution in [0.25, 0.3) is 0 Å². The van der Waals surface area contributed by atoms with Crippen LogP contribution in [-0.2, 0) is 0 Å². The molecule has 0 saturated heterocycles. The molecule has 0 spiro atoms. The summed E-state index contributed by atoms with van der Waals surface area (Å²) in [5.74, 6) is 0.00130. The minimum atomic E-state index is 0.00130. The maximum absolute atomic E-state index is 12.2. The number of rotatable bonds is 9. The zero-order valence-electron chi connectivity index (χ0n) is 13.8. The van der Waals surface area contributed by atoms with Gasteiger partial charge in [-0.1, -0.05) is 19.1 Å².